The Morgan fingerprint density at radius 2 is 2.04 bits per heavy atom. The Morgan fingerprint density at radius 1 is 1.27 bits per heavy atom. The molecule has 2 aliphatic heterocycles. The van der Waals surface area contributed by atoms with Gasteiger partial charge in [0.25, 0.3) is 5.91 Å². The Bertz CT molecular complexity index is 576. The summed E-state index contributed by atoms with van der Waals surface area (Å²) in [5.74, 6) is 0.185. The molecule has 2 saturated heterocycles. The summed E-state index contributed by atoms with van der Waals surface area (Å²) in [7, 11) is 0. The monoisotopic (exact) mass is 401 g/mol. The average molecular weight is 402 g/mol. The van der Waals surface area contributed by atoms with Crippen LogP contribution >= 0.6 is 23.7 Å². The van der Waals surface area contributed by atoms with Crippen molar-refractivity contribution in [3.05, 3.63) is 22.4 Å². The van der Waals surface area contributed by atoms with E-state index in [9.17, 15) is 9.59 Å². The predicted molar refractivity (Wildman–Crippen MR) is 105 cm³/mol. The number of piperidine rings is 1. The second-order valence-electron chi connectivity index (χ2n) is 6.78. The fourth-order valence-corrected chi connectivity index (χ4v) is 4.24. The van der Waals surface area contributed by atoms with E-state index in [1.165, 1.54) is 4.88 Å². The Labute approximate surface area is 164 Å². The van der Waals surface area contributed by atoms with Gasteiger partial charge in [0.15, 0.2) is 0 Å². The van der Waals surface area contributed by atoms with Crippen LogP contribution in [0.1, 0.15) is 30.6 Å². The lowest BCUT2D eigenvalue weighted by molar-refractivity contribution is -0.145. The fraction of sp³-hybridized carbons (Fsp3) is 0.667. The largest absolute Gasteiger partial charge is 0.364 e. The number of nitrogens with zero attached hydrogens (tertiary/aromatic N) is 1. The molecule has 0 bridgehead atoms. The molecule has 0 spiro atoms. The number of carbonyl (C=O) groups excluding carboxylic acids is 2. The first kappa shape index (κ1) is 21.2. The van der Waals surface area contributed by atoms with E-state index in [0.717, 1.165) is 32.1 Å². The maximum Gasteiger partial charge on any atom is 0.251 e. The highest BCUT2D eigenvalue weighted by molar-refractivity contribution is 7.09. The van der Waals surface area contributed by atoms with E-state index in [1.54, 1.807) is 11.3 Å². The van der Waals surface area contributed by atoms with Crippen LogP contribution in [0.4, 0.5) is 0 Å². The number of hydrogen-bond donors (Lipinski definition) is 2. The van der Waals surface area contributed by atoms with Crippen LogP contribution in [-0.4, -0.2) is 55.1 Å². The van der Waals surface area contributed by atoms with Crippen molar-refractivity contribution in [1.29, 1.82) is 0 Å². The Balaban J connectivity index is 0.00000243. The number of likely N-dealkylation sites (tertiary alicyclic amines) is 1. The van der Waals surface area contributed by atoms with Crippen molar-refractivity contribution < 1.29 is 14.3 Å². The molecular weight excluding hydrogens is 374 g/mol. The minimum absolute atomic E-state index is 0. The van der Waals surface area contributed by atoms with Crippen molar-refractivity contribution in [2.24, 2.45) is 11.7 Å². The lowest BCUT2D eigenvalue weighted by Crippen LogP contribution is -2.46. The van der Waals surface area contributed by atoms with Crippen LogP contribution in [0.5, 0.6) is 0 Å². The topological polar surface area (TPSA) is 84.7 Å². The fourth-order valence-electron chi connectivity index (χ4n) is 3.53. The summed E-state index contributed by atoms with van der Waals surface area (Å²) in [6, 6.07) is 4.11. The number of nitrogens with one attached hydrogen (secondary N) is 1. The molecule has 146 valence electrons. The van der Waals surface area contributed by atoms with Gasteiger partial charge in [-0.05, 0) is 43.6 Å². The number of carbonyl (C=O) groups is 2. The molecule has 2 fully saturated rings. The number of rotatable bonds is 6. The van der Waals surface area contributed by atoms with Gasteiger partial charge in [-0.2, -0.15) is 0 Å². The quantitative estimate of drug-likeness (QED) is 0.757. The average Bonchev–Trinajstić information content (AvgIpc) is 3.33. The highest BCUT2D eigenvalue weighted by Gasteiger charge is 2.35. The molecule has 0 unspecified atom stereocenters. The van der Waals surface area contributed by atoms with E-state index in [-0.39, 0.29) is 42.3 Å². The molecule has 0 aliphatic carbocycles. The number of ether oxygens (including phenoxy) is 1. The van der Waals surface area contributed by atoms with E-state index in [2.05, 4.69) is 11.4 Å². The van der Waals surface area contributed by atoms with Gasteiger partial charge in [-0.1, -0.05) is 6.07 Å². The lowest BCUT2D eigenvalue weighted by atomic mass is 9.95. The van der Waals surface area contributed by atoms with Gasteiger partial charge in [-0.15, -0.1) is 23.7 Å². The summed E-state index contributed by atoms with van der Waals surface area (Å²) in [5.41, 5.74) is 5.60. The van der Waals surface area contributed by atoms with E-state index >= 15 is 0 Å². The maximum atomic E-state index is 12.5. The van der Waals surface area contributed by atoms with Crippen molar-refractivity contribution >= 4 is 35.6 Å². The molecule has 6 nitrogen and oxygen atoms in total. The minimum Gasteiger partial charge on any atom is -0.364 e. The number of hydrogen-bond acceptors (Lipinski definition) is 5. The first-order valence-electron chi connectivity index (χ1n) is 9.11. The van der Waals surface area contributed by atoms with Crippen molar-refractivity contribution in [2.45, 2.75) is 44.3 Å². The molecule has 1 aromatic heterocycles. The Hall–Kier alpha value is -1.15. The summed E-state index contributed by atoms with van der Waals surface area (Å²) in [6.07, 6.45) is 3.61. The van der Waals surface area contributed by atoms with Gasteiger partial charge >= 0.3 is 0 Å². The summed E-state index contributed by atoms with van der Waals surface area (Å²) >= 11 is 1.71. The van der Waals surface area contributed by atoms with Crippen LogP contribution in [-0.2, 0) is 20.7 Å². The highest BCUT2D eigenvalue weighted by atomic mass is 35.5. The molecule has 26 heavy (non-hydrogen) atoms. The first-order chi connectivity index (χ1) is 12.2. The molecule has 0 radical (unpaired) electrons. The molecular formula is C18H28ClN3O3S. The lowest BCUT2D eigenvalue weighted by Gasteiger charge is -2.32. The minimum atomic E-state index is -0.343. The SMILES string of the molecule is Cl.NC[C@H]1CC[C@@H](C(=O)N2CCC(C(=O)NCCc3cccs3)CC2)O1. The van der Waals surface area contributed by atoms with Gasteiger partial charge in [0, 0.05) is 37.0 Å². The molecule has 2 amide bonds. The van der Waals surface area contributed by atoms with Crippen LogP contribution in [0.15, 0.2) is 17.5 Å². The van der Waals surface area contributed by atoms with Crippen LogP contribution in [0.2, 0.25) is 0 Å². The van der Waals surface area contributed by atoms with E-state index in [0.29, 0.717) is 26.2 Å². The summed E-state index contributed by atoms with van der Waals surface area (Å²) in [4.78, 5) is 27.9. The van der Waals surface area contributed by atoms with Crippen molar-refractivity contribution in [3.8, 4) is 0 Å². The van der Waals surface area contributed by atoms with Crippen LogP contribution < -0.4 is 11.1 Å². The third kappa shape index (κ3) is 5.42. The second-order valence-corrected chi connectivity index (χ2v) is 7.81. The molecule has 2 aliphatic rings. The Kier molecular flexibility index (Phi) is 8.34. The van der Waals surface area contributed by atoms with Crippen molar-refractivity contribution in [2.75, 3.05) is 26.2 Å². The molecule has 0 aromatic carbocycles. The van der Waals surface area contributed by atoms with Gasteiger partial charge in [0.1, 0.15) is 6.10 Å². The van der Waals surface area contributed by atoms with Gasteiger partial charge in [-0.3, -0.25) is 9.59 Å². The smallest absolute Gasteiger partial charge is 0.251 e. The van der Waals surface area contributed by atoms with Gasteiger partial charge in [0.05, 0.1) is 6.10 Å². The number of nitrogens with two attached hydrogens (primary N) is 1. The van der Waals surface area contributed by atoms with Crippen molar-refractivity contribution in [3.63, 3.8) is 0 Å². The molecule has 3 heterocycles. The second kappa shape index (κ2) is 10.3. The van der Waals surface area contributed by atoms with Crippen LogP contribution in [0.25, 0.3) is 0 Å². The molecule has 0 saturated carbocycles. The molecule has 1 aromatic rings. The zero-order chi connectivity index (χ0) is 17.6. The first-order valence-corrected chi connectivity index (χ1v) is 9.99. The van der Waals surface area contributed by atoms with Gasteiger partial charge < -0.3 is 20.7 Å². The third-order valence-electron chi connectivity index (χ3n) is 5.07. The molecule has 3 N–H and O–H groups in total. The van der Waals surface area contributed by atoms with Gasteiger partial charge in [0.2, 0.25) is 5.91 Å². The standard InChI is InChI=1S/C18H27N3O3S.ClH/c19-12-14-3-4-16(24-14)18(23)21-9-6-13(7-10-21)17(22)20-8-5-15-2-1-11-25-15;/h1-2,11,13-14,16H,3-10,12,19H2,(H,20,22);1H/t14-,16+;/m1./s1. The summed E-state index contributed by atoms with van der Waals surface area (Å²) < 4.78 is 5.69. The van der Waals surface area contributed by atoms with E-state index < -0.39 is 0 Å². The van der Waals surface area contributed by atoms with Crippen molar-refractivity contribution in [1.82, 2.24) is 10.2 Å². The summed E-state index contributed by atoms with van der Waals surface area (Å²) in [5, 5.41) is 5.08. The highest BCUT2D eigenvalue weighted by Crippen LogP contribution is 2.24. The number of halogens is 1. The summed E-state index contributed by atoms with van der Waals surface area (Å²) in [6.45, 7) is 2.41. The third-order valence-corrected chi connectivity index (χ3v) is 6.01. The van der Waals surface area contributed by atoms with Crippen LogP contribution in [0, 0.1) is 5.92 Å². The number of thiophene rings is 1. The molecule has 2 atom stereocenters. The van der Waals surface area contributed by atoms with E-state index in [1.807, 2.05) is 16.3 Å². The molecule has 8 heteroatoms. The van der Waals surface area contributed by atoms with Gasteiger partial charge in [-0.25, -0.2) is 0 Å². The number of amides is 2. The maximum absolute atomic E-state index is 12.5. The normalized spacial score (nSPS) is 23.5. The zero-order valence-electron chi connectivity index (χ0n) is 14.9. The Morgan fingerprint density at radius 3 is 2.65 bits per heavy atom. The van der Waals surface area contributed by atoms with Crippen LogP contribution in [0.3, 0.4) is 0 Å². The molecule has 3 rings (SSSR count). The predicted octanol–water partition coefficient (Wildman–Crippen LogP) is 1.57. The zero-order valence-corrected chi connectivity index (χ0v) is 16.5. The van der Waals surface area contributed by atoms with E-state index in [4.69, 9.17) is 10.5 Å².